The zero-order valence-corrected chi connectivity index (χ0v) is 13.7. The van der Waals surface area contributed by atoms with E-state index >= 15 is 0 Å². The molecule has 0 heterocycles. The van der Waals surface area contributed by atoms with Crippen LogP contribution in [-0.2, 0) is 0 Å². The first-order valence-corrected chi connectivity index (χ1v) is 7.65. The normalized spacial score (nSPS) is 12.0. The van der Waals surface area contributed by atoms with Crippen molar-refractivity contribution in [1.82, 2.24) is 0 Å². The van der Waals surface area contributed by atoms with Crippen LogP contribution < -0.4 is 9.47 Å². The minimum Gasteiger partial charge on any atom is -0.495 e. The monoisotopic (exact) mass is 354 g/mol. The smallest absolute Gasteiger partial charge is 0.137 e. The van der Waals surface area contributed by atoms with Crippen LogP contribution in [0.1, 0.15) is 22.9 Å². The summed E-state index contributed by atoms with van der Waals surface area (Å²) in [6, 6.07) is 13.8. The molecule has 4 heteroatoms. The molecule has 2 aromatic rings. The van der Waals surface area contributed by atoms with E-state index < -0.39 is 0 Å². The minimum atomic E-state index is 0.0848. The summed E-state index contributed by atoms with van der Waals surface area (Å²) in [5.41, 5.74) is 2.23. The van der Waals surface area contributed by atoms with Crippen LogP contribution in [0.4, 0.5) is 0 Å². The van der Waals surface area contributed by atoms with Crippen molar-refractivity contribution in [2.24, 2.45) is 0 Å². The van der Waals surface area contributed by atoms with E-state index in [0.717, 1.165) is 16.9 Å². The van der Waals surface area contributed by atoms with Crippen molar-refractivity contribution in [2.75, 3.05) is 13.7 Å². The fourth-order valence-corrected chi connectivity index (χ4v) is 2.79. The Labute approximate surface area is 132 Å². The first-order valence-electron chi connectivity index (χ1n) is 6.36. The highest BCUT2D eigenvalue weighted by molar-refractivity contribution is 9.09. The van der Waals surface area contributed by atoms with Crippen LogP contribution in [0, 0.1) is 0 Å². The van der Waals surface area contributed by atoms with E-state index in [2.05, 4.69) is 15.9 Å². The second-order valence-electron chi connectivity index (χ2n) is 4.26. The van der Waals surface area contributed by atoms with Gasteiger partial charge < -0.3 is 9.47 Å². The minimum absolute atomic E-state index is 0.0848. The lowest BCUT2D eigenvalue weighted by molar-refractivity contribution is 0.340. The van der Waals surface area contributed by atoms with Crippen molar-refractivity contribution in [3.63, 3.8) is 0 Å². The predicted molar refractivity (Wildman–Crippen MR) is 86.4 cm³/mol. The molecule has 2 rings (SSSR count). The fourth-order valence-electron chi connectivity index (χ4n) is 1.93. The molecule has 0 saturated heterocycles. The zero-order valence-electron chi connectivity index (χ0n) is 11.4. The van der Waals surface area contributed by atoms with Crippen molar-refractivity contribution in [3.8, 4) is 11.5 Å². The molecule has 0 radical (unpaired) electrons. The van der Waals surface area contributed by atoms with Crippen LogP contribution in [0.3, 0.4) is 0 Å². The van der Waals surface area contributed by atoms with Crippen molar-refractivity contribution in [2.45, 2.75) is 11.8 Å². The molecule has 0 aromatic heterocycles. The van der Waals surface area contributed by atoms with Crippen molar-refractivity contribution in [3.05, 3.63) is 58.6 Å². The van der Waals surface area contributed by atoms with Crippen molar-refractivity contribution < 1.29 is 9.47 Å². The van der Waals surface area contributed by atoms with Crippen molar-refractivity contribution in [1.29, 1.82) is 0 Å². The third-order valence-electron chi connectivity index (χ3n) is 2.95. The molecule has 0 spiro atoms. The average Bonchev–Trinajstić information content (AvgIpc) is 2.47. The molecule has 2 aromatic carbocycles. The van der Waals surface area contributed by atoms with Crippen LogP contribution in [0.2, 0.25) is 5.02 Å². The maximum atomic E-state index is 6.16. The topological polar surface area (TPSA) is 18.5 Å². The summed E-state index contributed by atoms with van der Waals surface area (Å²) in [5, 5.41) is 0.611. The molecule has 0 N–H and O–H groups in total. The summed E-state index contributed by atoms with van der Waals surface area (Å²) in [6.07, 6.45) is 0. The van der Waals surface area contributed by atoms with Gasteiger partial charge in [0.05, 0.1) is 23.6 Å². The second-order valence-corrected chi connectivity index (χ2v) is 5.58. The molecule has 0 amide bonds. The molecular weight excluding hydrogens is 340 g/mol. The Morgan fingerprint density at radius 2 is 1.75 bits per heavy atom. The number of alkyl halides is 1. The molecular formula is C16H16BrClO2. The van der Waals surface area contributed by atoms with Crippen molar-refractivity contribution >= 4 is 27.5 Å². The number of rotatable bonds is 5. The van der Waals surface area contributed by atoms with E-state index in [1.165, 1.54) is 0 Å². The Morgan fingerprint density at radius 3 is 2.30 bits per heavy atom. The van der Waals surface area contributed by atoms with Gasteiger partial charge in [-0.3, -0.25) is 0 Å². The first kappa shape index (κ1) is 15.2. The maximum Gasteiger partial charge on any atom is 0.137 e. The molecule has 0 bridgehead atoms. The highest BCUT2D eigenvalue weighted by Crippen LogP contribution is 2.35. The molecule has 1 unspecified atom stereocenters. The summed E-state index contributed by atoms with van der Waals surface area (Å²) >= 11 is 9.86. The summed E-state index contributed by atoms with van der Waals surface area (Å²) in [7, 11) is 1.61. The Morgan fingerprint density at radius 1 is 1.10 bits per heavy atom. The van der Waals surface area contributed by atoms with Crippen LogP contribution in [0.5, 0.6) is 11.5 Å². The van der Waals surface area contributed by atoms with Gasteiger partial charge in [0, 0.05) is 0 Å². The summed E-state index contributed by atoms with van der Waals surface area (Å²) < 4.78 is 10.6. The van der Waals surface area contributed by atoms with E-state index in [9.17, 15) is 0 Å². The Bertz CT molecular complexity index is 569. The molecule has 0 aliphatic heterocycles. The third kappa shape index (κ3) is 3.47. The van der Waals surface area contributed by atoms with Gasteiger partial charge in [-0.1, -0.05) is 45.7 Å². The maximum absolute atomic E-state index is 6.16. The van der Waals surface area contributed by atoms with E-state index in [-0.39, 0.29) is 4.83 Å². The standard InChI is InChI=1S/C16H16BrClO2/c1-3-20-13-7-4-11(5-8-13)16(17)12-6-9-15(19-2)14(18)10-12/h4-10,16H,3H2,1-2H3. The first-order chi connectivity index (χ1) is 9.65. The quantitative estimate of drug-likeness (QED) is 0.684. The fraction of sp³-hybridized carbons (Fsp3) is 0.250. The van der Waals surface area contributed by atoms with Gasteiger partial charge in [0.2, 0.25) is 0 Å². The van der Waals surface area contributed by atoms with E-state index in [1.54, 1.807) is 7.11 Å². The van der Waals surface area contributed by atoms with Gasteiger partial charge in [-0.15, -0.1) is 0 Å². The lowest BCUT2D eigenvalue weighted by Gasteiger charge is -2.13. The lowest BCUT2D eigenvalue weighted by atomic mass is 10.0. The number of hydrogen-bond acceptors (Lipinski definition) is 2. The molecule has 106 valence electrons. The number of methoxy groups -OCH3 is 1. The number of hydrogen-bond donors (Lipinski definition) is 0. The summed E-state index contributed by atoms with van der Waals surface area (Å²) in [6.45, 7) is 2.64. The number of halogens is 2. The van der Waals surface area contributed by atoms with Gasteiger partial charge in [-0.2, -0.15) is 0 Å². The van der Waals surface area contributed by atoms with Crippen LogP contribution >= 0.6 is 27.5 Å². The number of benzene rings is 2. The van der Waals surface area contributed by atoms with Gasteiger partial charge in [0.1, 0.15) is 11.5 Å². The third-order valence-corrected chi connectivity index (χ3v) is 4.30. The van der Waals surface area contributed by atoms with E-state index in [0.29, 0.717) is 17.4 Å². The lowest BCUT2D eigenvalue weighted by Crippen LogP contribution is -1.95. The van der Waals surface area contributed by atoms with Gasteiger partial charge in [0.25, 0.3) is 0 Å². The molecule has 20 heavy (non-hydrogen) atoms. The second kappa shape index (κ2) is 7.00. The van der Waals surface area contributed by atoms with Crippen LogP contribution in [-0.4, -0.2) is 13.7 Å². The Balaban J connectivity index is 2.21. The van der Waals surface area contributed by atoms with Gasteiger partial charge >= 0.3 is 0 Å². The van der Waals surface area contributed by atoms with E-state index in [1.807, 2.05) is 49.4 Å². The average molecular weight is 356 g/mol. The Hall–Kier alpha value is -1.19. The number of ether oxygens (including phenoxy) is 2. The van der Waals surface area contributed by atoms with Crippen LogP contribution in [0.15, 0.2) is 42.5 Å². The molecule has 0 saturated carbocycles. The SMILES string of the molecule is CCOc1ccc(C(Br)c2ccc(OC)c(Cl)c2)cc1. The van der Waals surface area contributed by atoms with Gasteiger partial charge in [-0.05, 0) is 42.3 Å². The zero-order chi connectivity index (χ0) is 14.5. The highest BCUT2D eigenvalue weighted by atomic mass is 79.9. The van der Waals surface area contributed by atoms with Gasteiger partial charge in [-0.25, -0.2) is 0 Å². The molecule has 0 fully saturated rings. The summed E-state index contributed by atoms with van der Waals surface area (Å²) in [5.74, 6) is 1.56. The Kier molecular flexibility index (Phi) is 5.32. The summed E-state index contributed by atoms with van der Waals surface area (Å²) in [4.78, 5) is 0.0848. The van der Waals surface area contributed by atoms with E-state index in [4.69, 9.17) is 21.1 Å². The van der Waals surface area contributed by atoms with Crippen LogP contribution in [0.25, 0.3) is 0 Å². The largest absolute Gasteiger partial charge is 0.495 e. The molecule has 0 aliphatic rings. The van der Waals surface area contributed by atoms with Gasteiger partial charge in [0.15, 0.2) is 0 Å². The molecule has 1 atom stereocenters. The predicted octanol–water partition coefficient (Wildman–Crippen LogP) is 5.23. The highest BCUT2D eigenvalue weighted by Gasteiger charge is 2.12. The molecule has 0 aliphatic carbocycles. The molecule has 2 nitrogen and oxygen atoms in total.